The summed E-state index contributed by atoms with van der Waals surface area (Å²) >= 11 is 1.32. The molecule has 1 amide bonds. The van der Waals surface area contributed by atoms with Crippen molar-refractivity contribution >= 4 is 34.3 Å². The third kappa shape index (κ3) is 4.49. The van der Waals surface area contributed by atoms with E-state index in [4.69, 9.17) is 4.74 Å². The van der Waals surface area contributed by atoms with Crippen molar-refractivity contribution in [2.45, 2.75) is 30.6 Å². The normalized spacial score (nSPS) is 15.5. The first-order chi connectivity index (χ1) is 16.2. The summed E-state index contributed by atoms with van der Waals surface area (Å²) in [6.45, 7) is 1.39. The van der Waals surface area contributed by atoms with Gasteiger partial charge in [0.25, 0.3) is 0 Å². The van der Waals surface area contributed by atoms with Crippen LogP contribution in [0.1, 0.15) is 18.4 Å². The standard InChI is InChI=1S/C24H22N6O2S/c25-12-16-6-1-3-9-20(16)27-22(31)15-33-24-29-28-23(30(24)14-17-7-5-11-32-17)19-13-26-21-10-4-2-8-18(19)21/h1-4,6,8-10,13,17,26H,5,7,11,14-15H2,(H,27,31). The zero-order chi connectivity index (χ0) is 22.6. The van der Waals surface area contributed by atoms with Crippen molar-refractivity contribution in [3.63, 3.8) is 0 Å². The Morgan fingerprint density at radius 3 is 2.94 bits per heavy atom. The summed E-state index contributed by atoms with van der Waals surface area (Å²) in [5, 5.41) is 22.7. The molecule has 3 heterocycles. The first-order valence-electron chi connectivity index (χ1n) is 10.8. The maximum Gasteiger partial charge on any atom is 0.234 e. The van der Waals surface area contributed by atoms with Crippen molar-refractivity contribution in [1.29, 1.82) is 5.26 Å². The molecule has 0 radical (unpaired) electrons. The van der Waals surface area contributed by atoms with Gasteiger partial charge >= 0.3 is 0 Å². The Morgan fingerprint density at radius 2 is 2.09 bits per heavy atom. The van der Waals surface area contributed by atoms with Crippen molar-refractivity contribution in [3.05, 3.63) is 60.3 Å². The Balaban J connectivity index is 1.39. The molecule has 1 unspecified atom stereocenters. The Morgan fingerprint density at radius 1 is 1.24 bits per heavy atom. The maximum atomic E-state index is 12.6. The lowest BCUT2D eigenvalue weighted by molar-refractivity contribution is -0.113. The predicted octanol–water partition coefficient (Wildman–Crippen LogP) is 4.21. The average molecular weight is 459 g/mol. The second-order valence-electron chi connectivity index (χ2n) is 7.79. The monoisotopic (exact) mass is 458 g/mol. The number of carbonyl (C=O) groups excluding carboxylic acids is 1. The maximum absolute atomic E-state index is 12.6. The molecular weight excluding hydrogens is 436 g/mol. The second-order valence-corrected chi connectivity index (χ2v) is 8.74. The van der Waals surface area contributed by atoms with Gasteiger partial charge in [-0.15, -0.1) is 10.2 Å². The van der Waals surface area contributed by atoms with Gasteiger partial charge in [-0.1, -0.05) is 42.1 Å². The number of hydrogen-bond acceptors (Lipinski definition) is 6. The molecule has 0 saturated carbocycles. The van der Waals surface area contributed by atoms with Gasteiger partial charge in [0.2, 0.25) is 5.91 Å². The van der Waals surface area contributed by atoms with Crippen LogP contribution in [0.5, 0.6) is 0 Å². The largest absolute Gasteiger partial charge is 0.376 e. The quantitative estimate of drug-likeness (QED) is 0.402. The summed E-state index contributed by atoms with van der Waals surface area (Å²) in [7, 11) is 0. The van der Waals surface area contributed by atoms with Crippen LogP contribution in [0.2, 0.25) is 0 Å². The third-order valence-electron chi connectivity index (χ3n) is 5.61. The van der Waals surface area contributed by atoms with E-state index in [-0.39, 0.29) is 17.8 Å². The van der Waals surface area contributed by atoms with Crippen LogP contribution < -0.4 is 5.32 Å². The van der Waals surface area contributed by atoms with E-state index in [1.54, 1.807) is 24.3 Å². The molecule has 2 N–H and O–H groups in total. The minimum atomic E-state index is -0.206. The highest BCUT2D eigenvalue weighted by molar-refractivity contribution is 7.99. The van der Waals surface area contributed by atoms with Crippen LogP contribution in [0, 0.1) is 11.3 Å². The first-order valence-corrected chi connectivity index (χ1v) is 11.7. The molecule has 1 aliphatic heterocycles. The van der Waals surface area contributed by atoms with Crippen LogP contribution in [-0.2, 0) is 16.1 Å². The molecule has 1 atom stereocenters. The van der Waals surface area contributed by atoms with Crippen LogP contribution in [0.3, 0.4) is 0 Å². The van der Waals surface area contributed by atoms with E-state index in [1.165, 1.54) is 11.8 Å². The number of anilines is 1. The van der Waals surface area contributed by atoms with Gasteiger partial charge in [-0.05, 0) is 31.0 Å². The topological polar surface area (TPSA) is 109 Å². The number of hydrogen-bond donors (Lipinski definition) is 2. The number of ether oxygens (including phenoxy) is 1. The Labute approximate surface area is 195 Å². The first kappa shape index (κ1) is 21.2. The Hall–Kier alpha value is -3.61. The number of para-hydroxylation sites is 2. The SMILES string of the molecule is N#Cc1ccccc1NC(=O)CSc1nnc(-c2c[nH]c3ccccc23)n1CC1CCCO1. The van der Waals surface area contributed by atoms with Gasteiger partial charge in [0.05, 0.1) is 29.7 Å². The van der Waals surface area contributed by atoms with Gasteiger partial charge in [0, 0.05) is 29.3 Å². The number of nitriles is 1. The molecule has 0 bridgehead atoms. The summed E-state index contributed by atoms with van der Waals surface area (Å²) in [6, 6.07) is 17.1. The second kappa shape index (κ2) is 9.48. The van der Waals surface area contributed by atoms with Crippen LogP contribution in [0.15, 0.2) is 59.9 Å². The minimum Gasteiger partial charge on any atom is -0.376 e. The summed E-state index contributed by atoms with van der Waals surface area (Å²) in [5.41, 5.74) is 2.93. The lowest BCUT2D eigenvalue weighted by Gasteiger charge is -2.14. The van der Waals surface area contributed by atoms with E-state index in [9.17, 15) is 10.1 Å². The molecule has 9 heteroatoms. The molecular formula is C24H22N6O2S. The molecule has 8 nitrogen and oxygen atoms in total. The highest BCUT2D eigenvalue weighted by Crippen LogP contribution is 2.31. The molecule has 0 aliphatic carbocycles. The van der Waals surface area contributed by atoms with Gasteiger partial charge in [-0.25, -0.2) is 0 Å². The van der Waals surface area contributed by atoms with E-state index in [1.807, 2.05) is 29.0 Å². The fourth-order valence-electron chi connectivity index (χ4n) is 4.01. The molecule has 1 saturated heterocycles. The van der Waals surface area contributed by atoms with E-state index >= 15 is 0 Å². The number of nitrogens with one attached hydrogen (secondary N) is 2. The van der Waals surface area contributed by atoms with E-state index < -0.39 is 0 Å². The zero-order valence-electron chi connectivity index (χ0n) is 17.8. The number of H-pyrrole nitrogens is 1. The Bertz CT molecular complexity index is 1330. The highest BCUT2D eigenvalue weighted by atomic mass is 32.2. The van der Waals surface area contributed by atoms with Crippen molar-refractivity contribution in [2.75, 3.05) is 17.7 Å². The lowest BCUT2D eigenvalue weighted by Crippen LogP contribution is -2.18. The Kier molecular flexibility index (Phi) is 6.11. The summed E-state index contributed by atoms with van der Waals surface area (Å²) in [4.78, 5) is 15.9. The fraction of sp³-hybridized carbons (Fsp3) is 0.250. The molecule has 33 heavy (non-hydrogen) atoms. The van der Waals surface area contributed by atoms with Gasteiger partial charge < -0.3 is 15.0 Å². The van der Waals surface area contributed by atoms with Crippen molar-refractivity contribution < 1.29 is 9.53 Å². The summed E-state index contributed by atoms with van der Waals surface area (Å²) in [5.74, 6) is 0.695. The fourth-order valence-corrected chi connectivity index (χ4v) is 4.76. The van der Waals surface area contributed by atoms with E-state index in [0.717, 1.165) is 41.7 Å². The predicted molar refractivity (Wildman–Crippen MR) is 127 cm³/mol. The van der Waals surface area contributed by atoms with Gasteiger partial charge in [-0.2, -0.15) is 5.26 Å². The van der Waals surface area contributed by atoms with Gasteiger partial charge in [0.15, 0.2) is 11.0 Å². The number of amides is 1. The number of aromatic amines is 1. The van der Waals surface area contributed by atoms with Crippen LogP contribution in [0.4, 0.5) is 5.69 Å². The molecule has 2 aromatic heterocycles. The number of thioether (sulfide) groups is 1. The van der Waals surface area contributed by atoms with Crippen molar-refractivity contribution in [1.82, 2.24) is 19.7 Å². The van der Waals surface area contributed by atoms with E-state index in [2.05, 4.69) is 32.6 Å². The molecule has 2 aromatic carbocycles. The van der Waals surface area contributed by atoms with Crippen LogP contribution in [-0.4, -0.2) is 44.1 Å². The molecule has 0 spiro atoms. The lowest BCUT2D eigenvalue weighted by atomic mass is 10.1. The molecule has 1 fully saturated rings. The third-order valence-corrected chi connectivity index (χ3v) is 6.58. The average Bonchev–Trinajstić information content (AvgIpc) is 3.59. The summed E-state index contributed by atoms with van der Waals surface area (Å²) < 4.78 is 7.92. The highest BCUT2D eigenvalue weighted by Gasteiger charge is 2.23. The molecule has 4 aromatic rings. The number of aromatic nitrogens is 4. The van der Waals surface area contributed by atoms with Gasteiger partial charge in [0.1, 0.15) is 6.07 Å². The van der Waals surface area contributed by atoms with Gasteiger partial charge in [-0.3, -0.25) is 9.36 Å². The number of nitrogens with zero attached hydrogens (tertiary/aromatic N) is 4. The van der Waals surface area contributed by atoms with E-state index in [0.29, 0.717) is 23.0 Å². The van der Waals surface area contributed by atoms with Crippen LogP contribution in [0.25, 0.3) is 22.3 Å². The van der Waals surface area contributed by atoms with Crippen molar-refractivity contribution in [2.24, 2.45) is 0 Å². The number of benzene rings is 2. The van der Waals surface area contributed by atoms with Crippen LogP contribution >= 0.6 is 11.8 Å². The minimum absolute atomic E-state index is 0.0978. The number of fused-ring (bicyclic) bond motifs is 1. The molecule has 1 aliphatic rings. The molecule has 5 rings (SSSR count). The number of carbonyl (C=O) groups is 1. The summed E-state index contributed by atoms with van der Waals surface area (Å²) in [6.07, 6.45) is 4.07. The zero-order valence-corrected chi connectivity index (χ0v) is 18.6. The van der Waals surface area contributed by atoms with Crippen molar-refractivity contribution in [3.8, 4) is 17.5 Å². The number of rotatable bonds is 7. The molecule has 166 valence electrons. The smallest absolute Gasteiger partial charge is 0.234 e.